The fourth-order valence-electron chi connectivity index (χ4n) is 1.31. The Labute approximate surface area is 102 Å². The number of aliphatic hydroxyl groups excluding tert-OH is 1. The zero-order valence-electron chi connectivity index (χ0n) is 9.98. The molecule has 0 aliphatic carbocycles. The van der Waals surface area contributed by atoms with Gasteiger partial charge in [-0.05, 0) is 31.0 Å². The van der Waals surface area contributed by atoms with E-state index in [-0.39, 0.29) is 6.10 Å². The van der Waals surface area contributed by atoms with E-state index in [0.717, 1.165) is 31.0 Å². The van der Waals surface area contributed by atoms with Gasteiger partial charge in [0.15, 0.2) is 0 Å². The van der Waals surface area contributed by atoms with Gasteiger partial charge < -0.3 is 9.84 Å². The second-order valence-electron chi connectivity index (χ2n) is 3.71. The summed E-state index contributed by atoms with van der Waals surface area (Å²) < 4.78 is 5.41. The molecule has 0 spiro atoms. The lowest BCUT2D eigenvalue weighted by Crippen LogP contribution is -1.97. The van der Waals surface area contributed by atoms with Crippen molar-refractivity contribution in [3.63, 3.8) is 0 Å². The third-order valence-electron chi connectivity index (χ3n) is 2.21. The Morgan fingerprint density at radius 2 is 1.94 bits per heavy atom. The van der Waals surface area contributed by atoms with Gasteiger partial charge in [-0.3, -0.25) is 0 Å². The van der Waals surface area contributed by atoms with Gasteiger partial charge in [0.05, 0.1) is 12.7 Å². The highest BCUT2D eigenvalue weighted by atomic mass is 32.2. The maximum Gasteiger partial charge on any atom is 0.0761 e. The molecule has 1 aromatic carbocycles. The third-order valence-corrected chi connectivity index (χ3v) is 3.18. The Morgan fingerprint density at radius 1 is 1.25 bits per heavy atom. The topological polar surface area (TPSA) is 29.5 Å². The standard InChI is InChI=1S/C13H20O2S/c1-3-8-15-9-10-16-13-6-4-12(5-7-13)11(2)14/h4-7,11,14H,3,8-10H2,1-2H3. The van der Waals surface area contributed by atoms with Crippen molar-refractivity contribution in [2.75, 3.05) is 19.0 Å². The number of ether oxygens (including phenoxy) is 1. The van der Waals surface area contributed by atoms with Gasteiger partial charge in [-0.2, -0.15) is 0 Å². The van der Waals surface area contributed by atoms with E-state index in [9.17, 15) is 5.11 Å². The molecule has 1 rings (SSSR count). The van der Waals surface area contributed by atoms with E-state index < -0.39 is 0 Å². The number of aliphatic hydroxyl groups is 1. The van der Waals surface area contributed by atoms with Gasteiger partial charge in [0.1, 0.15) is 0 Å². The van der Waals surface area contributed by atoms with E-state index in [1.54, 1.807) is 18.7 Å². The molecule has 0 saturated heterocycles. The molecule has 1 N–H and O–H groups in total. The zero-order valence-corrected chi connectivity index (χ0v) is 10.8. The van der Waals surface area contributed by atoms with Crippen molar-refractivity contribution in [2.24, 2.45) is 0 Å². The molecule has 3 heteroatoms. The third kappa shape index (κ3) is 5.01. The minimum absolute atomic E-state index is 0.382. The molecule has 1 unspecified atom stereocenters. The predicted octanol–water partition coefficient (Wildman–Crippen LogP) is 3.26. The molecule has 1 aromatic rings. The number of thioether (sulfide) groups is 1. The van der Waals surface area contributed by atoms with E-state index in [2.05, 4.69) is 6.92 Å². The smallest absolute Gasteiger partial charge is 0.0761 e. The average Bonchev–Trinajstić information content (AvgIpc) is 2.29. The molecule has 0 fully saturated rings. The summed E-state index contributed by atoms with van der Waals surface area (Å²) in [4.78, 5) is 1.23. The van der Waals surface area contributed by atoms with E-state index in [1.165, 1.54) is 4.90 Å². The fourth-order valence-corrected chi connectivity index (χ4v) is 2.07. The van der Waals surface area contributed by atoms with E-state index in [0.29, 0.717) is 0 Å². The van der Waals surface area contributed by atoms with Crippen LogP contribution in [-0.4, -0.2) is 24.1 Å². The second kappa shape index (κ2) is 7.71. The lowest BCUT2D eigenvalue weighted by Gasteiger charge is -2.06. The molecule has 2 nitrogen and oxygen atoms in total. The predicted molar refractivity (Wildman–Crippen MR) is 68.9 cm³/mol. The molecule has 1 atom stereocenters. The lowest BCUT2D eigenvalue weighted by molar-refractivity contribution is 0.151. The minimum Gasteiger partial charge on any atom is -0.389 e. The normalized spacial score (nSPS) is 12.7. The van der Waals surface area contributed by atoms with Crippen LogP contribution < -0.4 is 0 Å². The van der Waals surface area contributed by atoms with Crippen LogP contribution in [0.2, 0.25) is 0 Å². The highest BCUT2D eigenvalue weighted by molar-refractivity contribution is 7.99. The first-order valence-electron chi connectivity index (χ1n) is 5.72. The van der Waals surface area contributed by atoms with Crippen molar-refractivity contribution >= 4 is 11.8 Å². The first kappa shape index (κ1) is 13.6. The van der Waals surface area contributed by atoms with Crippen LogP contribution in [0.4, 0.5) is 0 Å². The highest BCUT2D eigenvalue weighted by Crippen LogP contribution is 2.20. The minimum atomic E-state index is -0.382. The molecule has 0 amide bonds. The maximum atomic E-state index is 9.36. The molecule has 0 bridgehead atoms. The molecule has 0 aliphatic heterocycles. The van der Waals surface area contributed by atoms with Crippen LogP contribution in [0.1, 0.15) is 31.9 Å². The van der Waals surface area contributed by atoms with Crippen LogP contribution in [0.15, 0.2) is 29.2 Å². The number of hydrogen-bond donors (Lipinski definition) is 1. The first-order valence-corrected chi connectivity index (χ1v) is 6.71. The molecule has 90 valence electrons. The van der Waals surface area contributed by atoms with E-state index in [4.69, 9.17) is 4.74 Å². The second-order valence-corrected chi connectivity index (χ2v) is 4.87. The molecular weight excluding hydrogens is 220 g/mol. The Kier molecular flexibility index (Phi) is 6.53. The monoisotopic (exact) mass is 240 g/mol. The van der Waals surface area contributed by atoms with Gasteiger partial charge in [-0.25, -0.2) is 0 Å². The van der Waals surface area contributed by atoms with Crippen LogP contribution in [0.5, 0.6) is 0 Å². The van der Waals surface area contributed by atoms with Crippen molar-refractivity contribution in [3.05, 3.63) is 29.8 Å². The molecular formula is C13H20O2S. The lowest BCUT2D eigenvalue weighted by atomic mass is 10.1. The number of benzene rings is 1. The summed E-state index contributed by atoms with van der Waals surface area (Å²) in [5.74, 6) is 0.980. The summed E-state index contributed by atoms with van der Waals surface area (Å²) in [5, 5.41) is 9.36. The van der Waals surface area contributed by atoms with Crippen molar-refractivity contribution in [3.8, 4) is 0 Å². The van der Waals surface area contributed by atoms with Crippen molar-refractivity contribution in [1.29, 1.82) is 0 Å². The molecule has 16 heavy (non-hydrogen) atoms. The van der Waals surface area contributed by atoms with E-state index in [1.807, 2.05) is 24.3 Å². The van der Waals surface area contributed by atoms with Gasteiger partial charge in [0.2, 0.25) is 0 Å². The van der Waals surface area contributed by atoms with Crippen LogP contribution in [-0.2, 0) is 4.74 Å². The Hall–Kier alpha value is -0.510. The molecule has 0 aromatic heterocycles. The molecule has 0 saturated carbocycles. The van der Waals surface area contributed by atoms with Crippen molar-refractivity contribution in [1.82, 2.24) is 0 Å². The fraction of sp³-hybridized carbons (Fsp3) is 0.538. The maximum absolute atomic E-state index is 9.36. The van der Waals surface area contributed by atoms with Crippen LogP contribution in [0, 0.1) is 0 Å². The first-order chi connectivity index (χ1) is 7.74. The summed E-state index contributed by atoms with van der Waals surface area (Å²) in [6.07, 6.45) is 0.695. The molecule has 0 radical (unpaired) electrons. The van der Waals surface area contributed by atoms with Crippen molar-refractivity contribution in [2.45, 2.75) is 31.3 Å². The Balaban J connectivity index is 2.27. The number of rotatable bonds is 7. The van der Waals surface area contributed by atoms with E-state index >= 15 is 0 Å². The molecule has 0 aliphatic rings. The summed E-state index contributed by atoms with van der Waals surface area (Å²) in [6, 6.07) is 8.04. The van der Waals surface area contributed by atoms with Gasteiger partial charge in [-0.1, -0.05) is 19.1 Å². The Morgan fingerprint density at radius 3 is 2.50 bits per heavy atom. The van der Waals surface area contributed by atoms with Crippen LogP contribution >= 0.6 is 11.8 Å². The summed E-state index contributed by atoms with van der Waals surface area (Å²) in [7, 11) is 0. The Bertz CT molecular complexity index is 282. The highest BCUT2D eigenvalue weighted by Gasteiger charge is 2.00. The van der Waals surface area contributed by atoms with Gasteiger partial charge in [-0.15, -0.1) is 11.8 Å². The molecule has 0 heterocycles. The van der Waals surface area contributed by atoms with Crippen molar-refractivity contribution < 1.29 is 9.84 Å². The van der Waals surface area contributed by atoms with Gasteiger partial charge >= 0.3 is 0 Å². The summed E-state index contributed by atoms with van der Waals surface area (Å²) in [5.41, 5.74) is 0.964. The van der Waals surface area contributed by atoms with Crippen LogP contribution in [0.25, 0.3) is 0 Å². The SMILES string of the molecule is CCCOCCSc1ccc(C(C)O)cc1. The summed E-state index contributed by atoms with van der Waals surface area (Å²) in [6.45, 7) is 5.54. The van der Waals surface area contributed by atoms with Gasteiger partial charge in [0.25, 0.3) is 0 Å². The van der Waals surface area contributed by atoms with Crippen LogP contribution in [0.3, 0.4) is 0 Å². The average molecular weight is 240 g/mol. The van der Waals surface area contributed by atoms with Gasteiger partial charge in [0, 0.05) is 17.3 Å². The number of hydrogen-bond acceptors (Lipinski definition) is 3. The zero-order chi connectivity index (χ0) is 11.8. The largest absolute Gasteiger partial charge is 0.389 e. The quantitative estimate of drug-likeness (QED) is 0.586. The summed E-state index contributed by atoms with van der Waals surface area (Å²) >= 11 is 1.78.